The van der Waals surface area contributed by atoms with Crippen LogP contribution in [0.4, 0.5) is 21.6 Å². The van der Waals surface area contributed by atoms with Gasteiger partial charge in [-0.15, -0.1) is 0 Å². The van der Waals surface area contributed by atoms with E-state index in [2.05, 4.69) is 15.3 Å². The van der Waals surface area contributed by atoms with Crippen LogP contribution in [0.2, 0.25) is 10.0 Å². The molecule has 106 valence electrons. The van der Waals surface area contributed by atoms with Crippen LogP contribution in [0, 0.1) is 5.82 Å². The molecule has 3 N–H and O–H groups in total. The highest BCUT2D eigenvalue weighted by Crippen LogP contribution is 2.30. The van der Waals surface area contributed by atoms with Crippen LogP contribution in [0.25, 0.3) is 10.9 Å². The summed E-state index contributed by atoms with van der Waals surface area (Å²) < 4.78 is 13.2. The fourth-order valence-corrected chi connectivity index (χ4v) is 2.24. The van der Waals surface area contributed by atoms with Crippen LogP contribution in [0.15, 0.2) is 36.7 Å². The quantitative estimate of drug-likeness (QED) is 0.686. The molecule has 0 aliphatic heterocycles. The van der Waals surface area contributed by atoms with Crippen molar-refractivity contribution >= 4 is 51.3 Å². The number of benzene rings is 2. The monoisotopic (exact) mass is 322 g/mol. The molecular formula is C14H9Cl2FN4. The highest BCUT2D eigenvalue weighted by atomic mass is 35.5. The van der Waals surface area contributed by atoms with Crippen molar-refractivity contribution in [1.29, 1.82) is 0 Å². The summed E-state index contributed by atoms with van der Waals surface area (Å²) in [5.74, 6) is 0.0526. The highest BCUT2D eigenvalue weighted by molar-refractivity contribution is 6.34. The van der Waals surface area contributed by atoms with Crippen LogP contribution in [0.5, 0.6) is 0 Å². The van der Waals surface area contributed by atoms with Gasteiger partial charge in [-0.1, -0.05) is 23.2 Å². The molecule has 0 saturated carbocycles. The molecule has 1 aromatic heterocycles. The molecule has 0 radical (unpaired) electrons. The van der Waals surface area contributed by atoms with Gasteiger partial charge in [0.1, 0.15) is 18.0 Å². The van der Waals surface area contributed by atoms with Crippen molar-refractivity contribution in [2.45, 2.75) is 0 Å². The Balaban J connectivity index is 2.07. The lowest BCUT2D eigenvalue weighted by atomic mass is 10.2. The van der Waals surface area contributed by atoms with E-state index in [1.54, 1.807) is 18.2 Å². The maximum absolute atomic E-state index is 13.2. The smallest absolute Gasteiger partial charge is 0.141 e. The molecular weight excluding hydrogens is 314 g/mol. The third-order valence-electron chi connectivity index (χ3n) is 2.94. The van der Waals surface area contributed by atoms with Gasteiger partial charge in [-0.25, -0.2) is 14.4 Å². The number of halogens is 3. The van der Waals surface area contributed by atoms with Gasteiger partial charge in [0.15, 0.2) is 0 Å². The average molecular weight is 323 g/mol. The third kappa shape index (κ3) is 2.70. The molecule has 0 amide bonds. The minimum absolute atomic E-state index is 0.0286. The van der Waals surface area contributed by atoms with Gasteiger partial charge in [0.05, 0.1) is 21.2 Å². The summed E-state index contributed by atoms with van der Waals surface area (Å²) in [5.41, 5.74) is 7.50. The fourth-order valence-electron chi connectivity index (χ4n) is 1.90. The van der Waals surface area contributed by atoms with Gasteiger partial charge < -0.3 is 11.1 Å². The second-order valence-electron chi connectivity index (χ2n) is 4.37. The van der Waals surface area contributed by atoms with Gasteiger partial charge >= 0.3 is 0 Å². The summed E-state index contributed by atoms with van der Waals surface area (Å²) >= 11 is 11.7. The van der Waals surface area contributed by atoms with E-state index >= 15 is 0 Å². The van der Waals surface area contributed by atoms with Gasteiger partial charge in [0.2, 0.25) is 0 Å². The van der Waals surface area contributed by atoms with Gasteiger partial charge in [0.25, 0.3) is 0 Å². The first-order valence-corrected chi connectivity index (χ1v) is 6.72. The Bertz CT molecular complexity index is 839. The molecule has 0 spiro atoms. The first kappa shape index (κ1) is 13.9. The third-order valence-corrected chi connectivity index (χ3v) is 3.55. The molecule has 0 atom stereocenters. The van der Waals surface area contributed by atoms with Crippen LogP contribution in [-0.2, 0) is 0 Å². The predicted octanol–water partition coefficient (Wildman–Crippen LogP) is 4.40. The molecule has 0 bridgehead atoms. The molecule has 1 heterocycles. The van der Waals surface area contributed by atoms with E-state index < -0.39 is 5.82 Å². The molecule has 0 aliphatic rings. The predicted molar refractivity (Wildman–Crippen MR) is 83.7 cm³/mol. The number of aromatic nitrogens is 2. The van der Waals surface area contributed by atoms with Crippen molar-refractivity contribution in [3.05, 3.63) is 52.5 Å². The maximum Gasteiger partial charge on any atom is 0.141 e. The van der Waals surface area contributed by atoms with Crippen LogP contribution in [0.1, 0.15) is 0 Å². The zero-order chi connectivity index (χ0) is 15.0. The van der Waals surface area contributed by atoms with Crippen LogP contribution in [0.3, 0.4) is 0 Å². The fraction of sp³-hybridized carbons (Fsp3) is 0. The first-order chi connectivity index (χ1) is 10.0. The first-order valence-electron chi connectivity index (χ1n) is 5.96. The molecule has 0 unspecified atom stereocenters. The van der Waals surface area contributed by atoms with Crippen molar-refractivity contribution in [2.24, 2.45) is 0 Å². The number of nitrogens with zero attached hydrogens (tertiary/aromatic N) is 2. The second-order valence-corrected chi connectivity index (χ2v) is 5.18. The topological polar surface area (TPSA) is 63.8 Å². The Morgan fingerprint density at radius 1 is 1.05 bits per heavy atom. The van der Waals surface area contributed by atoms with Crippen molar-refractivity contribution in [3.63, 3.8) is 0 Å². The van der Waals surface area contributed by atoms with Gasteiger partial charge in [-0.05, 0) is 30.3 Å². The number of anilines is 3. The molecule has 2 aromatic carbocycles. The molecule has 3 rings (SSSR count). The molecule has 0 saturated heterocycles. The maximum atomic E-state index is 13.2. The summed E-state index contributed by atoms with van der Waals surface area (Å²) in [6, 6.07) is 7.67. The standard InChI is InChI=1S/C14H9Cl2FN4/c15-9-3-7(1-2-11(9)17)21-14-8-4-12(18)10(16)5-13(8)19-6-20-14/h1-6H,18H2,(H,19,20,21). The zero-order valence-electron chi connectivity index (χ0n) is 10.6. The van der Waals surface area contributed by atoms with Crippen LogP contribution < -0.4 is 11.1 Å². The minimum Gasteiger partial charge on any atom is -0.398 e. The number of nitrogens with two attached hydrogens (primary N) is 1. The minimum atomic E-state index is -0.481. The summed E-state index contributed by atoms with van der Waals surface area (Å²) in [7, 11) is 0. The number of hydrogen-bond donors (Lipinski definition) is 2. The Kier molecular flexibility index (Phi) is 3.53. The van der Waals surface area contributed by atoms with Crippen LogP contribution in [-0.4, -0.2) is 9.97 Å². The summed E-state index contributed by atoms with van der Waals surface area (Å²) in [6.07, 6.45) is 1.41. The van der Waals surface area contributed by atoms with Gasteiger partial charge in [0, 0.05) is 11.1 Å². The van der Waals surface area contributed by atoms with Crippen molar-refractivity contribution < 1.29 is 4.39 Å². The molecule has 3 aromatic rings. The lowest BCUT2D eigenvalue weighted by molar-refractivity contribution is 0.628. The summed E-state index contributed by atoms with van der Waals surface area (Å²) in [6.45, 7) is 0. The molecule has 21 heavy (non-hydrogen) atoms. The Hall–Kier alpha value is -2.11. The Morgan fingerprint density at radius 2 is 1.86 bits per heavy atom. The number of fused-ring (bicyclic) bond motifs is 1. The van der Waals surface area contributed by atoms with Gasteiger partial charge in [-0.3, -0.25) is 0 Å². The Morgan fingerprint density at radius 3 is 2.62 bits per heavy atom. The highest BCUT2D eigenvalue weighted by Gasteiger charge is 2.08. The van der Waals surface area contributed by atoms with E-state index in [4.69, 9.17) is 28.9 Å². The number of nitrogen functional groups attached to an aromatic ring is 1. The van der Waals surface area contributed by atoms with Gasteiger partial charge in [-0.2, -0.15) is 0 Å². The lowest BCUT2D eigenvalue weighted by Gasteiger charge is -2.10. The van der Waals surface area contributed by atoms with E-state index in [9.17, 15) is 4.39 Å². The van der Waals surface area contributed by atoms with Crippen molar-refractivity contribution in [3.8, 4) is 0 Å². The number of nitrogens with one attached hydrogen (secondary N) is 1. The van der Waals surface area contributed by atoms with Crippen molar-refractivity contribution in [1.82, 2.24) is 9.97 Å². The SMILES string of the molecule is Nc1cc2c(Nc3ccc(F)c(Cl)c3)ncnc2cc1Cl. The van der Waals surface area contributed by atoms with E-state index in [1.165, 1.54) is 18.5 Å². The van der Waals surface area contributed by atoms with Crippen molar-refractivity contribution in [2.75, 3.05) is 11.1 Å². The summed E-state index contributed by atoms with van der Waals surface area (Å²) in [5, 5.41) is 4.23. The normalized spacial score (nSPS) is 10.8. The lowest BCUT2D eigenvalue weighted by Crippen LogP contribution is -1.97. The molecule has 7 heteroatoms. The summed E-state index contributed by atoms with van der Waals surface area (Å²) in [4.78, 5) is 8.31. The molecule has 4 nitrogen and oxygen atoms in total. The van der Waals surface area contributed by atoms with E-state index in [0.29, 0.717) is 33.1 Å². The largest absolute Gasteiger partial charge is 0.398 e. The second kappa shape index (κ2) is 5.35. The van der Waals surface area contributed by atoms with E-state index in [1.807, 2.05) is 0 Å². The number of hydrogen-bond acceptors (Lipinski definition) is 4. The molecule has 0 aliphatic carbocycles. The zero-order valence-corrected chi connectivity index (χ0v) is 12.1. The van der Waals surface area contributed by atoms with E-state index in [-0.39, 0.29) is 5.02 Å². The molecule has 0 fully saturated rings. The van der Waals surface area contributed by atoms with Crippen LogP contribution >= 0.6 is 23.2 Å². The average Bonchev–Trinajstić information content (AvgIpc) is 2.45. The van der Waals surface area contributed by atoms with E-state index in [0.717, 1.165) is 0 Å². The Labute approximate surface area is 129 Å². The number of rotatable bonds is 2.